The number of carbonyl (C=O) groups is 1. The molecule has 1 aliphatic rings. The van der Waals surface area contributed by atoms with Crippen molar-refractivity contribution >= 4 is 5.78 Å². The van der Waals surface area contributed by atoms with Gasteiger partial charge in [-0.2, -0.15) is 0 Å². The van der Waals surface area contributed by atoms with Crippen molar-refractivity contribution in [3.8, 4) is 5.75 Å². The van der Waals surface area contributed by atoms with Crippen molar-refractivity contribution in [2.24, 2.45) is 0 Å². The molecule has 0 amide bonds. The van der Waals surface area contributed by atoms with E-state index in [1.54, 1.807) is 12.4 Å². The van der Waals surface area contributed by atoms with Crippen molar-refractivity contribution < 1.29 is 9.53 Å². The summed E-state index contributed by atoms with van der Waals surface area (Å²) in [6, 6.07) is 1.81. The van der Waals surface area contributed by atoms with Crippen molar-refractivity contribution in [1.82, 2.24) is 9.88 Å². The highest BCUT2D eigenvalue weighted by Crippen LogP contribution is 2.29. The van der Waals surface area contributed by atoms with Crippen molar-refractivity contribution in [1.29, 1.82) is 0 Å². The Morgan fingerprint density at radius 2 is 2.05 bits per heavy atom. The molecule has 0 radical (unpaired) electrons. The first kappa shape index (κ1) is 15.0. The molecule has 110 valence electrons. The average Bonchev–Trinajstić information content (AvgIpc) is 3.01. The van der Waals surface area contributed by atoms with Crippen LogP contribution in [0, 0.1) is 0 Å². The molecule has 0 aliphatic carbocycles. The molecule has 1 unspecified atom stereocenters. The minimum atomic E-state index is -0.428. The molecule has 1 atom stereocenters. The first-order valence-electron chi connectivity index (χ1n) is 7.49. The molecule has 2 heterocycles. The number of ketones is 1. The van der Waals surface area contributed by atoms with Gasteiger partial charge in [-0.1, -0.05) is 6.92 Å². The molecule has 0 spiro atoms. The molecule has 2 rings (SSSR count). The van der Waals surface area contributed by atoms with Gasteiger partial charge >= 0.3 is 0 Å². The van der Waals surface area contributed by atoms with Gasteiger partial charge in [-0.05, 0) is 52.3 Å². The Hall–Kier alpha value is -1.42. The van der Waals surface area contributed by atoms with E-state index in [1.807, 2.05) is 19.9 Å². The SMILES string of the molecule is CCOc1cncc(C(=O)C(C)(CC)N2CCCC2)c1. The van der Waals surface area contributed by atoms with Gasteiger partial charge in [0.2, 0.25) is 0 Å². The molecule has 1 aromatic heterocycles. The molecule has 4 nitrogen and oxygen atoms in total. The van der Waals surface area contributed by atoms with Crippen molar-refractivity contribution in [3.63, 3.8) is 0 Å². The van der Waals surface area contributed by atoms with E-state index in [2.05, 4.69) is 16.8 Å². The Morgan fingerprint density at radius 3 is 2.65 bits per heavy atom. The van der Waals surface area contributed by atoms with Gasteiger partial charge in [0, 0.05) is 11.8 Å². The van der Waals surface area contributed by atoms with Gasteiger partial charge in [0.25, 0.3) is 0 Å². The van der Waals surface area contributed by atoms with Gasteiger partial charge in [0.15, 0.2) is 5.78 Å². The van der Waals surface area contributed by atoms with Crippen LogP contribution in [0.25, 0.3) is 0 Å². The highest BCUT2D eigenvalue weighted by Gasteiger charge is 2.39. The van der Waals surface area contributed by atoms with E-state index in [4.69, 9.17) is 4.74 Å². The number of carbonyl (C=O) groups excluding carboxylic acids is 1. The molecule has 4 heteroatoms. The van der Waals surface area contributed by atoms with E-state index < -0.39 is 5.54 Å². The molecule has 0 saturated carbocycles. The number of pyridine rings is 1. The number of Topliss-reactive ketones (excluding diaryl/α,β-unsaturated/α-hetero) is 1. The van der Waals surface area contributed by atoms with Crippen LogP contribution in [0.15, 0.2) is 18.5 Å². The van der Waals surface area contributed by atoms with Crippen molar-refractivity contribution in [2.75, 3.05) is 19.7 Å². The topological polar surface area (TPSA) is 42.4 Å². The third kappa shape index (κ3) is 2.85. The molecular formula is C16H24N2O2. The van der Waals surface area contributed by atoms with E-state index in [0.717, 1.165) is 19.5 Å². The van der Waals surface area contributed by atoms with Crippen LogP contribution in [0.5, 0.6) is 5.75 Å². The minimum absolute atomic E-state index is 0.149. The van der Waals surface area contributed by atoms with E-state index in [9.17, 15) is 4.79 Å². The molecule has 20 heavy (non-hydrogen) atoms. The summed E-state index contributed by atoms with van der Waals surface area (Å²) in [6.45, 7) is 8.65. The van der Waals surface area contributed by atoms with E-state index in [1.165, 1.54) is 12.8 Å². The number of ether oxygens (including phenoxy) is 1. The van der Waals surface area contributed by atoms with Crippen LogP contribution in [0.4, 0.5) is 0 Å². The molecule has 0 bridgehead atoms. The van der Waals surface area contributed by atoms with Crippen LogP contribution in [0.2, 0.25) is 0 Å². The number of rotatable bonds is 6. The lowest BCUT2D eigenvalue weighted by molar-refractivity contribution is 0.0647. The normalized spacial score (nSPS) is 18.8. The Kier molecular flexibility index (Phi) is 4.76. The monoisotopic (exact) mass is 276 g/mol. The summed E-state index contributed by atoms with van der Waals surface area (Å²) in [6.07, 6.45) is 6.47. The van der Waals surface area contributed by atoms with Gasteiger partial charge < -0.3 is 4.74 Å². The number of aromatic nitrogens is 1. The number of hydrogen-bond acceptors (Lipinski definition) is 4. The molecule has 0 aromatic carbocycles. The largest absolute Gasteiger partial charge is 0.492 e. The zero-order valence-corrected chi connectivity index (χ0v) is 12.7. The zero-order valence-electron chi connectivity index (χ0n) is 12.7. The first-order chi connectivity index (χ1) is 9.61. The fourth-order valence-corrected chi connectivity index (χ4v) is 2.84. The van der Waals surface area contributed by atoms with Crippen LogP contribution in [-0.4, -0.2) is 40.9 Å². The summed E-state index contributed by atoms with van der Waals surface area (Å²) in [4.78, 5) is 19.3. The number of hydrogen-bond donors (Lipinski definition) is 0. The maximum atomic E-state index is 12.9. The summed E-state index contributed by atoms with van der Waals surface area (Å²) >= 11 is 0. The third-order valence-electron chi connectivity index (χ3n) is 4.27. The maximum Gasteiger partial charge on any atom is 0.184 e. The summed E-state index contributed by atoms with van der Waals surface area (Å²) in [5, 5.41) is 0. The standard InChI is InChI=1S/C16H24N2O2/c1-4-16(3,18-8-6-7-9-18)15(19)13-10-14(20-5-2)12-17-11-13/h10-12H,4-9H2,1-3H3. The average molecular weight is 276 g/mol. The van der Waals surface area contributed by atoms with Crippen LogP contribution in [0.1, 0.15) is 50.4 Å². The lowest BCUT2D eigenvalue weighted by atomic mass is 9.87. The molecule has 0 N–H and O–H groups in total. The second-order valence-electron chi connectivity index (χ2n) is 5.49. The summed E-state index contributed by atoms with van der Waals surface area (Å²) < 4.78 is 5.44. The Labute approximate surface area is 121 Å². The van der Waals surface area contributed by atoms with Crippen molar-refractivity contribution in [2.45, 2.75) is 45.6 Å². The zero-order chi connectivity index (χ0) is 14.6. The predicted octanol–water partition coefficient (Wildman–Crippen LogP) is 2.93. The van der Waals surface area contributed by atoms with E-state index >= 15 is 0 Å². The highest BCUT2D eigenvalue weighted by molar-refractivity contribution is 6.03. The van der Waals surface area contributed by atoms with Crippen LogP contribution in [-0.2, 0) is 0 Å². The number of likely N-dealkylation sites (tertiary alicyclic amines) is 1. The molecule has 1 saturated heterocycles. The van der Waals surface area contributed by atoms with Crippen LogP contribution in [0.3, 0.4) is 0 Å². The molecule has 1 aliphatic heterocycles. The second-order valence-corrected chi connectivity index (χ2v) is 5.49. The van der Waals surface area contributed by atoms with Gasteiger partial charge in [0.1, 0.15) is 5.75 Å². The fourth-order valence-electron chi connectivity index (χ4n) is 2.84. The van der Waals surface area contributed by atoms with E-state index in [-0.39, 0.29) is 5.78 Å². The first-order valence-corrected chi connectivity index (χ1v) is 7.49. The second kappa shape index (κ2) is 6.35. The van der Waals surface area contributed by atoms with Crippen molar-refractivity contribution in [3.05, 3.63) is 24.0 Å². The fraction of sp³-hybridized carbons (Fsp3) is 0.625. The Morgan fingerprint density at radius 1 is 1.35 bits per heavy atom. The minimum Gasteiger partial charge on any atom is -0.492 e. The highest BCUT2D eigenvalue weighted by atomic mass is 16.5. The third-order valence-corrected chi connectivity index (χ3v) is 4.27. The molecule has 1 fully saturated rings. The van der Waals surface area contributed by atoms with Gasteiger partial charge in [0.05, 0.1) is 18.3 Å². The predicted molar refractivity (Wildman–Crippen MR) is 79.2 cm³/mol. The summed E-state index contributed by atoms with van der Waals surface area (Å²) in [7, 11) is 0. The van der Waals surface area contributed by atoms with Crippen LogP contribution < -0.4 is 4.74 Å². The summed E-state index contributed by atoms with van der Waals surface area (Å²) in [5.41, 5.74) is 0.218. The molecule has 1 aromatic rings. The van der Waals surface area contributed by atoms with Gasteiger partial charge in [-0.15, -0.1) is 0 Å². The van der Waals surface area contributed by atoms with E-state index in [0.29, 0.717) is 17.9 Å². The number of nitrogens with zero attached hydrogens (tertiary/aromatic N) is 2. The lowest BCUT2D eigenvalue weighted by Crippen LogP contribution is -2.50. The quantitative estimate of drug-likeness (QED) is 0.749. The summed E-state index contributed by atoms with van der Waals surface area (Å²) in [5.74, 6) is 0.814. The Balaban J connectivity index is 2.25. The lowest BCUT2D eigenvalue weighted by Gasteiger charge is -2.36. The van der Waals surface area contributed by atoms with Crippen LogP contribution >= 0.6 is 0 Å². The van der Waals surface area contributed by atoms with Gasteiger partial charge in [-0.25, -0.2) is 0 Å². The smallest absolute Gasteiger partial charge is 0.184 e. The molecular weight excluding hydrogens is 252 g/mol. The Bertz CT molecular complexity index is 469. The maximum absolute atomic E-state index is 12.9. The van der Waals surface area contributed by atoms with Gasteiger partial charge in [-0.3, -0.25) is 14.7 Å².